The monoisotopic (exact) mass is 494 g/mol. The van der Waals surface area contributed by atoms with E-state index in [4.69, 9.17) is 0 Å². The van der Waals surface area contributed by atoms with Crippen molar-refractivity contribution in [3.63, 3.8) is 0 Å². The van der Waals surface area contributed by atoms with E-state index in [0.29, 0.717) is 29.4 Å². The molecule has 5 amide bonds. The summed E-state index contributed by atoms with van der Waals surface area (Å²) >= 11 is 0. The Hall–Kier alpha value is -3.96. The fraction of sp³-hybridized carbons (Fsp3) is 0.304. The predicted molar refractivity (Wildman–Crippen MR) is 116 cm³/mol. The lowest BCUT2D eigenvalue weighted by molar-refractivity contribution is -0.135. The molecule has 3 rings (SSSR count). The van der Waals surface area contributed by atoms with Crippen LogP contribution >= 0.6 is 0 Å². The third-order valence-electron chi connectivity index (χ3n) is 5.48. The largest absolute Gasteiger partial charge is 0.345 e. The molecular weight excluding hydrogens is 472 g/mol. The average molecular weight is 494 g/mol. The quantitative estimate of drug-likeness (QED) is 0.283. The van der Waals surface area contributed by atoms with E-state index >= 15 is 0 Å². The van der Waals surface area contributed by atoms with Crippen LogP contribution in [0.5, 0.6) is 0 Å². The summed E-state index contributed by atoms with van der Waals surface area (Å²) in [5, 5.41) is 6.76. The molecule has 1 heterocycles. The summed E-state index contributed by atoms with van der Waals surface area (Å²) in [6, 6.07) is 5.68. The lowest BCUT2D eigenvalue weighted by Gasteiger charge is -2.27. The number of imide groups is 1. The third kappa shape index (κ3) is 5.42. The molecule has 12 heteroatoms. The number of nitrogens with zero attached hydrogens (tertiary/aromatic N) is 1. The SMILES string of the molecule is CCCCC1(c2ccc(F)cc2)NC(=O)N(CC(=O)NCC(=O)Nc2ccc(F)c(F)c2F)C1=O. The van der Waals surface area contributed by atoms with Gasteiger partial charge in [0.2, 0.25) is 11.8 Å². The van der Waals surface area contributed by atoms with Crippen molar-refractivity contribution in [3.8, 4) is 0 Å². The van der Waals surface area contributed by atoms with Gasteiger partial charge in [0, 0.05) is 0 Å². The number of nitrogens with one attached hydrogen (secondary N) is 3. The topological polar surface area (TPSA) is 108 Å². The van der Waals surface area contributed by atoms with E-state index in [-0.39, 0.29) is 6.42 Å². The number of urea groups is 1. The van der Waals surface area contributed by atoms with Gasteiger partial charge in [-0.1, -0.05) is 31.9 Å². The highest BCUT2D eigenvalue weighted by atomic mass is 19.2. The minimum absolute atomic E-state index is 0.222. The van der Waals surface area contributed by atoms with Crippen LogP contribution in [-0.2, 0) is 19.9 Å². The van der Waals surface area contributed by atoms with Crippen LogP contribution in [0, 0.1) is 23.3 Å². The number of unbranched alkanes of at least 4 members (excludes halogenated alkanes) is 1. The molecule has 0 saturated carbocycles. The summed E-state index contributed by atoms with van der Waals surface area (Å²) < 4.78 is 53.3. The summed E-state index contributed by atoms with van der Waals surface area (Å²) in [4.78, 5) is 50.8. The molecule has 3 N–H and O–H groups in total. The van der Waals surface area contributed by atoms with Crippen LogP contribution in [0.15, 0.2) is 36.4 Å². The number of anilines is 1. The summed E-state index contributed by atoms with van der Waals surface area (Å²) in [6.45, 7) is 0.481. The molecule has 1 saturated heterocycles. The number of hydrogen-bond donors (Lipinski definition) is 3. The van der Waals surface area contributed by atoms with Crippen molar-refractivity contribution in [2.24, 2.45) is 0 Å². The Kier molecular flexibility index (Phi) is 7.72. The number of carbonyl (C=O) groups excluding carboxylic acids is 4. The molecule has 2 aromatic rings. The Morgan fingerprint density at radius 1 is 0.971 bits per heavy atom. The molecule has 0 aromatic heterocycles. The zero-order chi connectivity index (χ0) is 25.8. The molecule has 0 bridgehead atoms. The molecule has 0 spiro atoms. The number of benzene rings is 2. The van der Waals surface area contributed by atoms with Crippen molar-refractivity contribution in [1.29, 1.82) is 0 Å². The van der Waals surface area contributed by atoms with Crippen molar-refractivity contribution >= 4 is 29.4 Å². The Bertz CT molecular complexity index is 1160. The Morgan fingerprint density at radius 2 is 1.66 bits per heavy atom. The Morgan fingerprint density at radius 3 is 2.31 bits per heavy atom. The highest BCUT2D eigenvalue weighted by Crippen LogP contribution is 2.34. The average Bonchev–Trinajstić information content (AvgIpc) is 3.07. The second-order valence-corrected chi connectivity index (χ2v) is 7.89. The first-order chi connectivity index (χ1) is 16.6. The number of rotatable bonds is 9. The van der Waals surface area contributed by atoms with Gasteiger partial charge in [0.25, 0.3) is 5.91 Å². The van der Waals surface area contributed by atoms with E-state index in [2.05, 4.69) is 10.6 Å². The van der Waals surface area contributed by atoms with E-state index in [1.165, 1.54) is 12.1 Å². The van der Waals surface area contributed by atoms with Crippen molar-refractivity contribution in [3.05, 3.63) is 65.2 Å². The van der Waals surface area contributed by atoms with Crippen molar-refractivity contribution < 1.29 is 36.7 Å². The molecule has 8 nitrogen and oxygen atoms in total. The summed E-state index contributed by atoms with van der Waals surface area (Å²) in [6.07, 6.45) is 1.49. The molecule has 0 radical (unpaired) electrons. The van der Waals surface area contributed by atoms with Gasteiger partial charge in [-0.2, -0.15) is 0 Å². The second-order valence-electron chi connectivity index (χ2n) is 7.89. The lowest BCUT2D eigenvalue weighted by atomic mass is 9.85. The number of carbonyl (C=O) groups is 4. The second kappa shape index (κ2) is 10.5. The van der Waals surface area contributed by atoms with Crippen molar-refractivity contribution in [1.82, 2.24) is 15.5 Å². The van der Waals surface area contributed by atoms with Crippen molar-refractivity contribution in [2.75, 3.05) is 18.4 Å². The van der Waals surface area contributed by atoms with Crippen LogP contribution in [0.4, 0.5) is 28.0 Å². The third-order valence-corrected chi connectivity index (χ3v) is 5.48. The Balaban J connectivity index is 1.65. The maximum absolute atomic E-state index is 13.7. The Labute approximate surface area is 197 Å². The van der Waals surface area contributed by atoms with Crippen LogP contribution in [0.2, 0.25) is 0 Å². The first kappa shape index (κ1) is 25.7. The molecule has 2 aromatic carbocycles. The van der Waals surface area contributed by atoms with Gasteiger partial charge in [-0.3, -0.25) is 19.3 Å². The first-order valence-corrected chi connectivity index (χ1v) is 10.7. The van der Waals surface area contributed by atoms with Crippen LogP contribution in [0.25, 0.3) is 0 Å². The van der Waals surface area contributed by atoms with Crippen molar-refractivity contribution in [2.45, 2.75) is 31.7 Å². The predicted octanol–water partition coefficient (Wildman–Crippen LogP) is 2.94. The van der Waals surface area contributed by atoms with E-state index < -0.39 is 71.3 Å². The van der Waals surface area contributed by atoms with Crippen LogP contribution in [0.3, 0.4) is 0 Å². The van der Waals surface area contributed by atoms with E-state index in [9.17, 15) is 36.7 Å². The molecule has 1 fully saturated rings. The summed E-state index contributed by atoms with van der Waals surface area (Å²) in [7, 11) is 0. The van der Waals surface area contributed by atoms with Crippen LogP contribution in [0.1, 0.15) is 31.7 Å². The number of hydrogen-bond acceptors (Lipinski definition) is 4. The van der Waals surface area contributed by atoms with Gasteiger partial charge in [0.15, 0.2) is 17.5 Å². The van der Waals surface area contributed by atoms with Gasteiger partial charge in [-0.15, -0.1) is 0 Å². The standard InChI is InChI=1S/C23H22F4N4O4/c1-2-3-10-23(13-4-6-14(24)7-5-13)21(34)31(22(35)30-23)12-18(33)28-11-17(32)29-16-9-8-15(25)19(26)20(16)27/h4-9H,2-3,10-12H2,1H3,(H,28,33)(H,29,32)(H,30,35). The number of amides is 5. The fourth-order valence-electron chi connectivity index (χ4n) is 3.65. The summed E-state index contributed by atoms with van der Waals surface area (Å²) in [5.74, 6) is -7.85. The van der Waals surface area contributed by atoms with Gasteiger partial charge < -0.3 is 16.0 Å². The molecule has 1 aliphatic rings. The van der Waals surface area contributed by atoms with Gasteiger partial charge in [0.05, 0.1) is 12.2 Å². The normalized spacial score (nSPS) is 17.3. The fourth-order valence-corrected chi connectivity index (χ4v) is 3.65. The van der Waals surface area contributed by atoms with E-state index in [1.54, 1.807) is 0 Å². The molecule has 1 atom stereocenters. The van der Waals surface area contributed by atoms with Crippen LogP contribution < -0.4 is 16.0 Å². The summed E-state index contributed by atoms with van der Waals surface area (Å²) in [5.41, 5.74) is -1.73. The molecular formula is C23H22F4N4O4. The zero-order valence-electron chi connectivity index (χ0n) is 18.6. The smallest absolute Gasteiger partial charge is 0.325 e. The molecule has 186 valence electrons. The maximum Gasteiger partial charge on any atom is 0.325 e. The van der Waals surface area contributed by atoms with E-state index in [1.807, 2.05) is 12.2 Å². The number of halogens is 4. The molecule has 35 heavy (non-hydrogen) atoms. The minimum atomic E-state index is -1.77. The van der Waals surface area contributed by atoms with Gasteiger partial charge in [-0.25, -0.2) is 22.4 Å². The highest BCUT2D eigenvalue weighted by Gasteiger charge is 2.52. The molecule has 1 unspecified atom stereocenters. The highest BCUT2D eigenvalue weighted by molar-refractivity contribution is 6.09. The van der Waals surface area contributed by atoms with Gasteiger partial charge >= 0.3 is 6.03 Å². The maximum atomic E-state index is 13.7. The van der Waals surface area contributed by atoms with Gasteiger partial charge in [-0.05, 0) is 36.2 Å². The molecule has 0 aliphatic carbocycles. The van der Waals surface area contributed by atoms with E-state index in [0.717, 1.165) is 18.2 Å². The lowest BCUT2D eigenvalue weighted by Crippen LogP contribution is -2.46. The minimum Gasteiger partial charge on any atom is -0.345 e. The van der Waals surface area contributed by atoms with Crippen LogP contribution in [-0.4, -0.2) is 41.7 Å². The van der Waals surface area contributed by atoms with Gasteiger partial charge in [0.1, 0.15) is 17.9 Å². The zero-order valence-corrected chi connectivity index (χ0v) is 18.6. The first-order valence-electron chi connectivity index (χ1n) is 10.7. The molecule has 1 aliphatic heterocycles.